The lowest BCUT2D eigenvalue weighted by atomic mass is 10.2. The number of rotatable bonds is 4. The number of esters is 1. The Labute approximate surface area is 169 Å². The molecule has 2 heterocycles. The van der Waals surface area contributed by atoms with Crippen LogP contribution in [-0.4, -0.2) is 35.2 Å². The summed E-state index contributed by atoms with van der Waals surface area (Å²) in [7, 11) is 1.19. The van der Waals surface area contributed by atoms with E-state index in [4.69, 9.17) is 27.6 Å². The number of furan rings is 1. The number of carbonyl (C=O) groups excluding carboxylic acids is 3. The molecule has 2 aromatic rings. The second-order valence-corrected chi connectivity index (χ2v) is 7.33. The van der Waals surface area contributed by atoms with Crippen molar-refractivity contribution >= 4 is 58.2 Å². The molecular weight excluding hydrogens is 413 g/mol. The molecular formula is C18H13Cl2NO5S. The summed E-state index contributed by atoms with van der Waals surface area (Å²) in [6, 6.07) is 7.48. The van der Waals surface area contributed by atoms with Gasteiger partial charge in [0.2, 0.25) is 0 Å². The first-order chi connectivity index (χ1) is 12.8. The molecule has 1 atom stereocenters. The first-order valence-corrected chi connectivity index (χ1v) is 9.30. The van der Waals surface area contributed by atoms with E-state index in [9.17, 15) is 14.4 Å². The second-order valence-electron chi connectivity index (χ2n) is 5.55. The molecule has 1 aliphatic rings. The summed E-state index contributed by atoms with van der Waals surface area (Å²) >= 11 is 12.9. The van der Waals surface area contributed by atoms with Crippen molar-refractivity contribution in [1.82, 2.24) is 4.90 Å². The molecule has 1 aromatic heterocycles. The number of hydrogen-bond donors (Lipinski definition) is 0. The number of imide groups is 1. The molecule has 2 amide bonds. The number of methoxy groups -OCH3 is 1. The highest BCUT2D eigenvalue weighted by Gasteiger charge is 2.41. The Morgan fingerprint density at radius 1 is 1.26 bits per heavy atom. The molecule has 0 spiro atoms. The Morgan fingerprint density at radius 2 is 2.00 bits per heavy atom. The highest BCUT2D eigenvalue weighted by molar-refractivity contribution is 8.18. The third-order valence-corrected chi connectivity index (χ3v) is 5.57. The average Bonchev–Trinajstić information content (AvgIpc) is 3.21. The molecule has 140 valence electrons. The predicted molar refractivity (Wildman–Crippen MR) is 103 cm³/mol. The minimum atomic E-state index is -1.01. The fourth-order valence-electron chi connectivity index (χ4n) is 2.49. The van der Waals surface area contributed by atoms with Gasteiger partial charge in [0.15, 0.2) is 0 Å². The van der Waals surface area contributed by atoms with Crippen molar-refractivity contribution in [3.05, 3.63) is 51.0 Å². The van der Waals surface area contributed by atoms with Crippen LogP contribution in [0.4, 0.5) is 4.79 Å². The number of thioether (sulfide) groups is 1. The van der Waals surface area contributed by atoms with E-state index in [2.05, 4.69) is 4.74 Å². The van der Waals surface area contributed by atoms with E-state index in [1.807, 2.05) is 0 Å². The van der Waals surface area contributed by atoms with E-state index in [1.165, 1.54) is 20.1 Å². The number of carbonyl (C=O) groups is 3. The van der Waals surface area contributed by atoms with Crippen molar-refractivity contribution < 1.29 is 23.5 Å². The van der Waals surface area contributed by atoms with Crippen LogP contribution in [0.15, 0.2) is 39.7 Å². The monoisotopic (exact) mass is 425 g/mol. The fourth-order valence-corrected chi connectivity index (χ4v) is 3.77. The molecule has 0 radical (unpaired) electrons. The van der Waals surface area contributed by atoms with E-state index >= 15 is 0 Å². The molecule has 0 N–H and O–H groups in total. The number of halogens is 2. The molecule has 27 heavy (non-hydrogen) atoms. The van der Waals surface area contributed by atoms with Crippen molar-refractivity contribution in [3.8, 4) is 11.3 Å². The quantitative estimate of drug-likeness (QED) is 0.514. The summed E-state index contributed by atoms with van der Waals surface area (Å²) < 4.78 is 10.3. The minimum Gasteiger partial charge on any atom is -0.467 e. The van der Waals surface area contributed by atoms with Gasteiger partial charge in [-0.2, -0.15) is 0 Å². The van der Waals surface area contributed by atoms with Gasteiger partial charge in [-0.25, -0.2) is 4.79 Å². The van der Waals surface area contributed by atoms with Gasteiger partial charge >= 0.3 is 5.97 Å². The highest BCUT2D eigenvalue weighted by Crippen LogP contribution is 2.37. The Balaban J connectivity index is 1.87. The van der Waals surface area contributed by atoms with Crippen molar-refractivity contribution in [2.45, 2.75) is 13.0 Å². The summed E-state index contributed by atoms with van der Waals surface area (Å²) in [5.74, 6) is -0.427. The van der Waals surface area contributed by atoms with E-state index in [1.54, 1.807) is 30.3 Å². The molecule has 1 fully saturated rings. The zero-order valence-electron chi connectivity index (χ0n) is 14.2. The topological polar surface area (TPSA) is 76.8 Å². The maximum Gasteiger partial charge on any atom is 0.328 e. The van der Waals surface area contributed by atoms with Crippen molar-refractivity contribution in [2.24, 2.45) is 0 Å². The lowest BCUT2D eigenvalue weighted by Crippen LogP contribution is -2.42. The minimum absolute atomic E-state index is 0.147. The third kappa shape index (κ3) is 3.76. The van der Waals surface area contributed by atoms with E-state index < -0.39 is 23.2 Å². The van der Waals surface area contributed by atoms with Gasteiger partial charge in [0, 0.05) is 11.6 Å². The summed E-state index contributed by atoms with van der Waals surface area (Å²) in [5.41, 5.74) is 0.608. The molecule has 0 unspecified atom stereocenters. The normalized spacial score (nSPS) is 16.9. The lowest BCUT2D eigenvalue weighted by molar-refractivity contribution is -0.148. The number of benzene rings is 1. The van der Waals surface area contributed by atoms with Crippen LogP contribution < -0.4 is 0 Å². The Bertz CT molecular complexity index is 968. The lowest BCUT2D eigenvalue weighted by Gasteiger charge is -2.18. The van der Waals surface area contributed by atoms with Gasteiger partial charge in [-0.1, -0.05) is 29.3 Å². The smallest absolute Gasteiger partial charge is 0.328 e. The maximum atomic E-state index is 12.5. The molecule has 0 aliphatic carbocycles. The number of nitrogens with zero attached hydrogens (tertiary/aromatic N) is 1. The first kappa shape index (κ1) is 19.5. The van der Waals surface area contributed by atoms with E-state index in [0.717, 1.165) is 16.7 Å². The maximum absolute atomic E-state index is 12.5. The fraction of sp³-hybridized carbons (Fsp3) is 0.167. The summed E-state index contributed by atoms with van der Waals surface area (Å²) in [6.45, 7) is 1.43. The number of amides is 2. The Kier molecular flexibility index (Phi) is 5.64. The average molecular weight is 426 g/mol. The molecule has 3 rings (SSSR count). The highest BCUT2D eigenvalue weighted by atomic mass is 35.5. The summed E-state index contributed by atoms with van der Waals surface area (Å²) in [4.78, 5) is 37.2. The van der Waals surface area contributed by atoms with Crippen LogP contribution in [0.5, 0.6) is 0 Å². The number of ether oxygens (including phenoxy) is 1. The Hall–Kier alpha value is -2.22. The molecule has 0 saturated carbocycles. The predicted octanol–water partition coefficient (Wildman–Crippen LogP) is 4.85. The van der Waals surface area contributed by atoms with Crippen LogP contribution in [-0.2, 0) is 14.3 Å². The van der Waals surface area contributed by atoms with Crippen LogP contribution in [0.1, 0.15) is 12.7 Å². The van der Waals surface area contributed by atoms with Crippen molar-refractivity contribution in [1.29, 1.82) is 0 Å². The van der Waals surface area contributed by atoms with Crippen LogP contribution in [0.3, 0.4) is 0 Å². The van der Waals surface area contributed by atoms with Crippen LogP contribution in [0, 0.1) is 0 Å². The summed E-state index contributed by atoms with van der Waals surface area (Å²) in [5, 5.41) is 0.200. The van der Waals surface area contributed by atoms with Crippen molar-refractivity contribution in [2.75, 3.05) is 7.11 Å². The second kappa shape index (κ2) is 7.80. The summed E-state index contributed by atoms with van der Waals surface area (Å²) in [6.07, 6.45) is 1.44. The van der Waals surface area contributed by atoms with Gasteiger partial charge in [0.1, 0.15) is 17.6 Å². The van der Waals surface area contributed by atoms with Gasteiger partial charge in [0.05, 0.1) is 22.1 Å². The molecule has 6 nitrogen and oxygen atoms in total. The van der Waals surface area contributed by atoms with Gasteiger partial charge in [0.25, 0.3) is 11.1 Å². The van der Waals surface area contributed by atoms with Crippen LogP contribution in [0.2, 0.25) is 10.0 Å². The van der Waals surface area contributed by atoms with Gasteiger partial charge in [-0.3, -0.25) is 14.5 Å². The Morgan fingerprint density at radius 3 is 2.70 bits per heavy atom. The van der Waals surface area contributed by atoms with E-state index in [0.29, 0.717) is 27.1 Å². The van der Waals surface area contributed by atoms with Crippen LogP contribution >= 0.6 is 35.0 Å². The van der Waals surface area contributed by atoms with E-state index in [-0.39, 0.29) is 4.91 Å². The standard InChI is InChI=1S/C18H13Cl2NO5S/c1-9(17(23)25-2)21-16(22)14(27-18(21)24)8-10-6-7-13(26-10)11-4-3-5-12(19)15(11)20/h3-9H,1-2H3/b14-8-/t9-/m1/s1. The zero-order valence-corrected chi connectivity index (χ0v) is 16.5. The molecule has 9 heteroatoms. The molecule has 1 saturated heterocycles. The number of hydrogen-bond acceptors (Lipinski definition) is 6. The van der Waals surface area contributed by atoms with Gasteiger partial charge in [-0.15, -0.1) is 0 Å². The van der Waals surface area contributed by atoms with Crippen LogP contribution in [0.25, 0.3) is 17.4 Å². The van der Waals surface area contributed by atoms with Gasteiger partial charge in [-0.05, 0) is 43.0 Å². The third-order valence-electron chi connectivity index (χ3n) is 3.87. The molecule has 1 aromatic carbocycles. The zero-order chi connectivity index (χ0) is 19.7. The molecule has 1 aliphatic heterocycles. The largest absolute Gasteiger partial charge is 0.467 e. The van der Waals surface area contributed by atoms with Crippen molar-refractivity contribution in [3.63, 3.8) is 0 Å². The molecule has 0 bridgehead atoms. The first-order valence-electron chi connectivity index (χ1n) is 7.72. The van der Waals surface area contributed by atoms with Gasteiger partial charge < -0.3 is 9.15 Å². The SMILES string of the molecule is COC(=O)[C@@H](C)N1C(=O)S/C(=C\c2ccc(-c3cccc(Cl)c3Cl)o2)C1=O.